The summed E-state index contributed by atoms with van der Waals surface area (Å²) in [7, 11) is 2.16. The Morgan fingerprint density at radius 3 is 2.90 bits per heavy atom. The van der Waals surface area contributed by atoms with Gasteiger partial charge in [-0.15, -0.1) is 0 Å². The molecular formula is C15H19BrN4. The van der Waals surface area contributed by atoms with Crippen LogP contribution in [0.3, 0.4) is 0 Å². The van der Waals surface area contributed by atoms with Gasteiger partial charge in [0.05, 0.1) is 16.7 Å². The molecule has 1 aromatic carbocycles. The van der Waals surface area contributed by atoms with E-state index in [0.29, 0.717) is 5.82 Å². The molecule has 1 aliphatic rings. The summed E-state index contributed by atoms with van der Waals surface area (Å²) in [6.07, 6.45) is 2.38. The van der Waals surface area contributed by atoms with Crippen molar-refractivity contribution in [2.75, 3.05) is 24.2 Å². The third-order valence-electron chi connectivity index (χ3n) is 3.92. The molecule has 3 rings (SSSR count). The third-order valence-corrected chi connectivity index (χ3v) is 4.90. The number of halogens is 1. The predicted octanol–water partition coefficient (Wildman–Crippen LogP) is 2.97. The van der Waals surface area contributed by atoms with Crippen molar-refractivity contribution in [3.05, 3.63) is 39.5 Å². The fraction of sp³-hybridized carbons (Fsp3) is 0.400. The number of aromatic nitrogens is 2. The number of hydrogen-bond donors (Lipinski definition) is 1. The minimum Gasteiger partial charge on any atom is -0.383 e. The number of nitrogens with zero attached hydrogens (tertiary/aromatic N) is 3. The summed E-state index contributed by atoms with van der Waals surface area (Å²) >= 11 is 3.47. The zero-order valence-electron chi connectivity index (χ0n) is 11.9. The number of fused-ring (bicyclic) bond motifs is 1. The van der Waals surface area contributed by atoms with Crippen molar-refractivity contribution in [3.63, 3.8) is 0 Å². The van der Waals surface area contributed by atoms with Gasteiger partial charge in [-0.1, -0.05) is 12.1 Å². The van der Waals surface area contributed by atoms with E-state index in [2.05, 4.69) is 51.2 Å². The van der Waals surface area contributed by atoms with Crippen LogP contribution in [0.15, 0.2) is 22.7 Å². The van der Waals surface area contributed by atoms with E-state index < -0.39 is 0 Å². The standard InChI is InChI=1S/C15H19BrN4/c1-10-14(16)15(17)20(18-10)9-11-5-6-13-12(8-11)4-3-7-19(13)2/h5-6,8H,3-4,7,9,17H2,1-2H3. The zero-order chi connectivity index (χ0) is 14.3. The molecule has 0 atom stereocenters. The molecule has 0 spiro atoms. The lowest BCUT2D eigenvalue weighted by molar-refractivity contribution is 0.685. The first-order valence-corrected chi connectivity index (χ1v) is 7.67. The molecule has 2 heterocycles. The lowest BCUT2D eigenvalue weighted by Gasteiger charge is -2.27. The number of nitrogen functional groups attached to an aromatic ring is 1. The number of benzene rings is 1. The molecule has 0 amide bonds. The van der Waals surface area contributed by atoms with Crippen LogP contribution < -0.4 is 10.6 Å². The molecule has 2 aromatic rings. The molecule has 0 unspecified atom stereocenters. The van der Waals surface area contributed by atoms with Gasteiger partial charge >= 0.3 is 0 Å². The van der Waals surface area contributed by atoms with Gasteiger partial charge < -0.3 is 10.6 Å². The van der Waals surface area contributed by atoms with E-state index >= 15 is 0 Å². The molecule has 106 valence electrons. The first kappa shape index (κ1) is 13.5. The molecule has 0 aliphatic carbocycles. The highest BCUT2D eigenvalue weighted by Gasteiger charge is 2.15. The van der Waals surface area contributed by atoms with Gasteiger partial charge in [-0.2, -0.15) is 5.10 Å². The van der Waals surface area contributed by atoms with Crippen LogP contribution in [0.5, 0.6) is 0 Å². The van der Waals surface area contributed by atoms with Gasteiger partial charge in [0, 0.05) is 19.3 Å². The largest absolute Gasteiger partial charge is 0.383 e. The second kappa shape index (κ2) is 5.13. The number of aryl methyl sites for hydroxylation is 2. The van der Waals surface area contributed by atoms with Gasteiger partial charge in [0.15, 0.2) is 0 Å². The van der Waals surface area contributed by atoms with Crippen molar-refractivity contribution in [3.8, 4) is 0 Å². The molecule has 20 heavy (non-hydrogen) atoms. The predicted molar refractivity (Wildman–Crippen MR) is 86.2 cm³/mol. The minimum atomic E-state index is 0.692. The Bertz CT molecular complexity index is 648. The molecule has 5 heteroatoms. The van der Waals surface area contributed by atoms with Crippen LogP contribution in [-0.2, 0) is 13.0 Å². The SMILES string of the molecule is Cc1nn(Cc2ccc3c(c2)CCCN3C)c(N)c1Br. The Balaban J connectivity index is 1.90. The van der Waals surface area contributed by atoms with E-state index in [1.807, 2.05) is 11.6 Å². The van der Waals surface area contributed by atoms with Crippen LogP contribution >= 0.6 is 15.9 Å². The van der Waals surface area contributed by atoms with Crippen LogP contribution in [0.4, 0.5) is 11.5 Å². The summed E-state index contributed by atoms with van der Waals surface area (Å²) in [5.74, 6) is 0.692. The van der Waals surface area contributed by atoms with Gasteiger partial charge in [0.1, 0.15) is 5.82 Å². The van der Waals surface area contributed by atoms with E-state index in [-0.39, 0.29) is 0 Å². The van der Waals surface area contributed by atoms with Gasteiger partial charge in [-0.3, -0.25) is 0 Å². The van der Waals surface area contributed by atoms with Gasteiger partial charge in [0.25, 0.3) is 0 Å². The van der Waals surface area contributed by atoms with Crippen molar-refractivity contribution >= 4 is 27.4 Å². The Morgan fingerprint density at radius 2 is 2.20 bits per heavy atom. The molecule has 1 aliphatic heterocycles. The average molecular weight is 335 g/mol. The summed E-state index contributed by atoms with van der Waals surface area (Å²) in [6, 6.07) is 6.67. The monoisotopic (exact) mass is 334 g/mol. The number of rotatable bonds is 2. The van der Waals surface area contributed by atoms with Crippen LogP contribution in [0.1, 0.15) is 23.2 Å². The lowest BCUT2D eigenvalue weighted by Crippen LogP contribution is -2.24. The molecule has 4 nitrogen and oxygen atoms in total. The van der Waals surface area contributed by atoms with Crippen LogP contribution in [0.2, 0.25) is 0 Å². The highest BCUT2D eigenvalue weighted by atomic mass is 79.9. The van der Waals surface area contributed by atoms with E-state index in [1.165, 1.54) is 23.2 Å². The van der Waals surface area contributed by atoms with Crippen LogP contribution in [0.25, 0.3) is 0 Å². The quantitative estimate of drug-likeness (QED) is 0.918. The molecule has 0 saturated heterocycles. The fourth-order valence-electron chi connectivity index (χ4n) is 2.81. The molecule has 0 saturated carbocycles. The summed E-state index contributed by atoms with van der Waals surface area (Å²) in [4.78, 5) is 2.33. The highest BCUT2D eigenvalue weighted by Crippen LogP contribution is 2.28. The van der Waals surface area contributed by atoms with E-state index in [0.717, 1.165) is 29.7 Å². The lowest BCUT2D eigenvalue weighted by atomic mass is 9.99. The minimum absolute atomic E-state index is 0.692. The highest BCUT2D eigenvalue weighted by molar-refractivity contribution is 9.10. The van der Waals surface area contributed by atoms with E-state index in [4.69, 9.17) is 5.73 Å². The number of anilines is 2. The third kappa shape index (κ3) is 2.30. The first-order chi connectivity index (χ1) is 9.56. The van der Waals surface area contributed by atoms with Crippen molar-refractivity contribution in [1.29, 1.82) is 0 Å². The maximum Gasteiger partial charge on any atom is 0.136 e. The van der Waals surface area contributed by atoms with Crippen molar-refractivity contribution in [1.82, 2.24) is 9.78 Å². The molecule has 0 radical (unpaired) electrons. The molecule has 0 fully saturated rings. The zero-order valence-corrected chi connectivity index (χ0v) is 13.4. The second-order valence-electron chi connectivity index (χ2n) is 5.43. The fourth-order valence-corrected chi connectivity index (χ4v) is 3.09. The molecule has 1 aromatic heterocycles. The summed E-state index contributed by atoms with van der Waals surface area (Å²) in [5.41, 5.74) is 11.0. The van der Waals surface area contributed by atoms with Crippen molar-refractivity contribution < 1.29 is 0 Å². The normalized spacial score (nSPS) is 14.4. The number of hydrogen-bond acceptors (Lipinski definition) is 3. The van der Waals surface area contributed by atoms with Gasteiger partial charge in [0.2, 0.25) is 0 Å². The average Bonchev–Trinajstić information content (AvgIpc) is 2.67. The Labute approximate surface area is 127 Å². The first-order valence-electron chi connectivity index (χ1n) is 6.87. The topological polar surface area (TPSA) is 47.1 Å². The Morgan fingerprint density at radius 1 is 1.40 bits per heavy atom. The maximum absolute atomic E-state index is 6.06. The summed E-state index contributed by atoms with van der Waals surface area (Å²) in [6.45, 7) is 3.82. The molecule has 0 bridgehead atoms. The van der Waals surface area contributed by atoms with Crippen LogP contribution in [0, 0.1) is 6.92 Å². The Kier molecular flexibility index (Phi) is 3.46. The maximum atomic E-state index is 6.06. The van der Waals surface area contributed by atoms with E-state index in [1.54, 1.807) is 0 Å². The Hall–Kier alpha value is -1.49. The second-order valence-corrected chi connectivity index (χ2v) is 6.22. The van der Waals surface area contributed by atoms with Crippen LogP contribution in [-0.4, -0.2) is 23.4 Å². The summed E-state index contributed by atoms with van der Waals surface area (Å²) < 4.78 is 2.75. The smallest absolute Gasteiger partial charge is 0.136 e. The molecular weight excluding hydrogens is 316 g/mol. The summed E-state index contributed by atoms with van der Waals surface area (Å²) in [5, 5.41) is 4.47. The van der Waals surface area contributed by atoms with Gasteiger partial charge in [-0.25, -0.2) is 4.68 Å². The van der Waals surface area contributed by atoms with Crippen molar-refractivity contribution in [2.45, 2.75) is 26.3 Å². The van der Waals surface area contributed by atoms with Gasteiger partial charge in [-0.05, 0) is 52.9 Å². The van der Waals surface area contributed by atoms with E-state index in [9.17, 15) is 0 Å². The molecule has 2 N–H and O–H groups in total. The van der Waals surface area contributed by atoms with Crippen molar-refractivity contribution in [2.24, 2.45) is 0 Å². The number of nitrogens with two attached hydrogens (primary N) is 1.